The molecule has 0 spiro atoms. The van der Waals surface area contributed by atoms with Crippen LogP contribution in [0, 0.1) is 0 Å². The van der Waals surface area contributed by atoms with Gasteiger partial charge in [0.25, 0.3) is 0 Å². The SMILES string of the molecule is CN(CC(=O)NC(=O)Nc1ccccc1)CC(=O)NC1CC1. The third-order valence-corrected chi connectivity index (χ3v) is 3.05. The number of carbonyl (C=O) groups excluding carboxylic acids is 3. The summed E-state index contributed by atoms with van der Waals surface area (Å²) >= 11 is 0. The molecule has 0 radical (unpaired) electrons. The topological polar surface area (TPSA) is 90.5 Å². The maximum atomic E-state index is 11.7. The Morgan fingerprint density at radius 3 is 2.36 bits per heavy atom. The lowest BCUT2D eigenvalue weighted by Crippen LogP contribution is -2.43. The average Bonchev–Trinajstić information content (AvgIpc) is 3.22. The number of nitrogens with one attached hydrogen (secondary N) is 3. The van der Waals surface area contributed by atoms with E-state index in [-0.39, 0.29) is 19.0 Å². The Balaban J connectivity index is 1.67. The zero-order valence-electron chi connectivity index (χ0n) is 12.5. The fourth-order valence-corrected chi connectivity index (χ4v) is 1.90. The minimum absolute atomic E-state index is 0.0275. The molecule has 0 aromatic heterocycles. The van der Waals surface area contributed by atoms with Crippen molar-refractivity contribution in [2.24, 2.45) is 0 Å². The maximum Gasteiger partial charge on any atom is 0.325 e. The van der Waals surface area contributed by atoms with Crippen molar-refractivity contribution < 1.29 is 14.4 Å². The van der Waals surface area contributed by atoms with E-state index in [0.717, 1.165) is 12.8 Å². The number of carbonyl (C=O) groups is 3. The molecule has 1 aliphatic rings. The fraction of sp³-hybridized carbons (Fsp3) is 0.400. The van der Waals surface area contributed by atoms with Gasteiger partial charge in [0.1, 0.15) is 0 Å². The van der Waals surface area contributed by atoms with E-state index in [0.29, 0.717) is 11.7 Å². The van der Waals surface area contributed by atoms with Gasteiger partial charge in [0, 0.05) is 11.7 Å². The molecule has 22 heavy (non-hydrogen) atoms. The number of hydrogen-bond donors (Lipinski definition) is 3. The van der Waals surface area contributed by atoms with E-state index >= 15 is 0 Å². The van der Waals surface area contributed by atoms with Crippen LogP contribution in [0.5, 0.6) is 0 Å². The van der Waals surface area contributed by atoms with Crippen LogP contribution in [0.3, 0.4) is 0 Å². The number of nitrogens with zero attached hydrogens (tertiary/aromatic N) is 1. The number of likely N-dealkylation sites (N-methyl/N-ethyl adjacent to an activating group) is 1. The van der Waals surface area contributed by atoms with Crippen LogP contribution in [0.15, 0.2) is 30.3 Å². The molecule has 0 aliphatic heterocycles. The molecule has 7 nitrogen and oxygen atoms in total. The van der Waals surface area contributed by atoms with Crippen LogP contribution in [-0.4, -0.2) is 48.9 Å². The van der Waals surface area contributed by atoms with E-state index in [1.54, 1.807) is 36.2 Å². The summed E-state index contributed by atoms with van der Waals surface area (Å²) in [6.45, 7) is 0.102. The summed E-state index contributed by atoms with van der Waals surface area (Å²) in [5, 5.41) is 7.62. The van der Waals surface area contributed by atoms with Crippen molar-refractivity contribution in [2.75, 3.05) is 25.5 Å². The highest BCUT2D eigenvalue weighted by Gasteiger charge is 2.23. The normalized spacial score (nSPS) is 13.5. The second kappa shape index (κ2) is 7.56. The van der Waals surface area contributed by atoms with Gasteiger partial charge in [0.15, 0.2) is 0 Å². The highest BCUT2D eigenvalue weighted by molar-refractivity contribution is 6.01. The van der Waals surface area contributed by atoms with Gasteiger partial charge in [-0.3, -0.25) is 19.8 Å². The molecule has 0 bridgehead atoms. The molecule has 1 aromatic rings. The van der Waals surface area contributed by atoms with Crippen LogP contribution in [0.4, 0.5) is 10.5 Å². The number of para-hydroxylation sites is 1. The van der Waals surface area contributed by atoms with E-state index in [1.165, 1.54) is 0 Å². The fourth-order valence-electron chi connectivity index (χ4n) is 1.90. The Morgan fingerprint density at radius 2 is 1.73 bits per heavy atom. The van der Waals surface area contributed by atoms with Crippen molar-refractivity contribution in [1.82, 2.24) is 15.5 Å². The van der Waals surface area contributed by atoms with E-state index < -0.39 is 11.9 Å². The van der Waals surface area contributed by atoms with Gasteiger partial charge in [-0.15, -0.1) is 0 Å². The first-order valence-corrected chi connectivity index (χ1v) is 7.17. The van der Waals surface area contributed by atoms with Crippen molar-refractivity contribution in [3.63, 3.8) is 0 Å². The molecular weight excluding hydrogens is 284 g/mol. The summed E-state index contributed by atoms with van der Waals surface area (Å²) in [4.78, 5) is 36.5. The van der Waals surface area contributed by atoms with Crippen molar-refractivity contribution in [3.8, 4) is 0 Å². The van der Waals surface area contributed by atoms with Gasteiger partial charge in [-0.2, -0.15) is 0 Å². The molecule has 0 saturated heterocycles. The first-order chi connectivity index (χ1) is 10.5. The molecule has 1 saturated carbocycles. The first kappa shape index (κ1) is 16.0. The third-order valence-electron chi connectivity index (χ3n) is 3.05. The smallest absolute Gasteiger partial charge is 0.325 e. The van der Waals surface area contributed by atoms with Crippen molar-refractivity contribution in [3.05, 3.63) is 30.3 Å². The largest absolute Gasteiger partial charge is 0.352 e. The quantitative estimate of drug-likeness (QED) is 0.715. The van der Waals surface area contributed by atoms with Crippen LogP contribution in [0.25, 0.3) is 0 Å². The van der Waals surface area contributed by atoms with Crippen molar-refractivity contribution >= 4 is 23.5 Å². The zero-order valence-corrected chi connectivity index (χ0v) is 12.5. The average molecular weight is 304 g/mol. The van der Waals surface area contributed by atoms with Crippen LogP contribution < -0.4 is 16.0 Å². The lowest BCUT2D eigenvalue weighted by Gasteiger charge is -2.15. The summed E-state index contributed by atoms with van der Waals surface area (Å²) < 4.78 is 0. The molecule has 4 amide bonds. The summed E-state index contributed by atoms with van der Waals surface area (Å²) in [6, 6.07) is 8.54. The molecule has 1 fully saturated rings. The Morgan fingerprint density at radius 1 is 1.09 bits per heavy atom. The standard InChI is InChI=1S/C15H20N4O3/c1-19(9-13(20)16-12-7-8-12)10-14(21)18-15(22)17-11-5-3-2-4-6-11/h2-6,12H,7-10H2,1H3,(H,16,20)(H2,17,18,21,22). The van der Waals surface area contributed by atoms with E-state index in [9.17, 15) is 14.4 Å². The molecule has 2 rings (SSSR count). The number of hydrogen-bond acceptors (Lipinski definition) is 4. The van der Waals surface area contributed by atoms with Crippen molar-refractivity contribution in [1.29, 1.82) is 0 Å². The molecule has 118 valence electrons. The zero-order chi connectivity index (χ0) is 15.9. The third kappa shape index (κ3) is 5.92. The number of rotatable bonds is 6. The minimum Gasteiger partial charge on any atom is -0.352 e. The lowest BCUT2D eigenvalue weighted by atomic mass is 10.3. The molecular formula is C15H20N4O3. The lowest BCUT2D eigenvalue weighted by molar-refractivity contribution is -0.124. The second-order valence-electron chi connectivity index (χ2n) is 5.38. The molecule has 0 unspecified atom stereocenters. The van der Waals surface area contributed by atoms with Gasteiger partial charge in [-0.1, -0.05) is 18.2 Å². The number of imide groups is 1. The van der Waals surface area contributed by atoms with Crippen LogP contribution in [0.1, 0.15) is 12.8 Å². The van der Waals surface area contributed by atoms with E-state index in [1.807, 2.05) is 6.07 Å². The van der Waals surface area contributed by atoms with Gasteiger partial charge < -0.3 is 10.6 Å². The highest BCUT2D eigenvalue weighted by Crippen LogP contribution is 2.18. The predicted molar refractivity (Wildman–Crippen MR) is 82.3 cm³/mol. The molecule has 3 N–H and O–H groups in total. The summed E-state index contributed by atoms with van der Waals surface area (Å²) in [5.74, 6) is -0.568. The van der Waals surface area contributed by atoms with E-state index in [4.69, 9.17) is 0 Å². The van der Waals surface area contributed by atoms with Crippen LogP contribution in [0.2, 0.25) is 0 Å². The number of anilines is 1. The molecule has 7 heteroatoms. The second-order valence-corrected chi connectivity index (χ2v) is 5.38. The minimum atomic E-state index is -0.591. The Labute approximate surface area is 129 Å². The Bertz CT molecular complexity index is 543. The Hall–Kier alpha value is -2.41. The van der Waals surface area contributed by atoms with Crippen molar-refractivity contribution in [2.45, 2.75) is 18.9 Å². The van der Waals surface area contributed by atoms with Gasteiger partial charge in [0.2, 0.25) is 11.8 Å². The van der Waals surface area contributed by atoms with Crippen LogP contribution >= 0.6 is 0 Å². The summed E-state index contributed by atoms with van der Waals surface area (Å²) in [5.41, 5.74) is 0.602. The van der Waals surface area contributed by atoms with Gasteiger partial charge in [-0.05, 0) is 32.0 Å². The highest BCUT2D eigenvalue weighted by atomic mass is 16.2. The molecule has 0 atom stereocenters. The number of benzene rings is 1. The summed E-state index contributed by atoms with van der Waals surface area (Å²) in [6.07, 6.45) is 2.05. The number of urea groups is 1. The molecule has 1 aromatic carbocycles. The molecule has 0 heterocycles. The predicted octanol–water partition coefficient (Wildman–Crippen LogP) is 0.545. The van der Waals surface area contributed by atoms with Gasteiger partial charge in [0.05, 0.1) is 13.1 Å². The maximum absolute atomic E-state index is 11.7. The van der Waals surface area contributed by atoms with Crippen LogP contribution in [-0.2, 0) is 9.59 Å². The Kier molecular flexibility index (Phi) is 5.48. The van der Waals surface area contributed by atoms with Gasteiger partial charge in [-0.25, -0.2) is 4.79 Å². The van der Waals surface area contributed by atoms with E-state index in [2.05, 4.69) is 16.0 Å². The van der Waals surface area contributed by atoms with Gasteiger partial charge >= 0.3 is 6.03 Å². The molecule has 1 aliphatic carbocycles. The summed E-state index contributed by atoms with van der Waals surface area (Å²) in [7, 11) is 1.65. The monoisotopic (exact) mass is 304 g/mol. The first-order valence-electron chi connectivity index (χ1n) is 7.17. The number of amides is 4.